The van der Waals surface area contributed by atoms with Crippen molar-refractivity contribution >= 4 is 19.1 Å². The minimum atomic E-state index is -1.83. The fraction of sp³-hybridized carbons (Fsp3) is 0.667. The summed E-state index contributed by atoms with van der Waals surface area (Å²) in [6, 6.07) is 7.91. The van der Waals surface area contributed by atoms with Crippen LogP contribution in [-0.2, 0) is 20.0 Å². The Labute approximate surface area is 144 Å². The molecule has 1 saturated heterocycles. The van der Waals surface area contributed by atoms with Crippen LogP contribution >= 0.6 is 0 Å². The lowest BCUT2D eigenvalue weighted by atomic mass is 10.2. The summed E-state index contributed by atoms with van der Waals surface area (Å²) in [5.41, 5.74) is 1.18. The van der Waals surface area contributed by atoms with Gasteiger partial charge in [-0.1, -0.05) is 38.5 Å². The van der Waals surface area contributed by atoms with E-state index in [1.807, 2.05) is 31.2 Å². The number of aryl methyl sites for hydroxylation is 1. The van der Waals surface area contributed by atoms with E-state index in [1.165, 1.54) is 5.56 Å². The van der Waals surface area contributed by atoms with Gasteiger partial charge in [0.15, 0.2) is 8.32 Å². The lowest BCUT2D eigenvalue weighted by Crippen LogP contribution is -2.46. The SMILES string of the molecule is Cc1ccc([S@](=O)CC2OCC[C@H]2O[Si](C)(C)C(C)(C)C)cc1. The molecule has 1 aliphatic heterocycles. The number of benzene rings is 1. The third kappa shape index (κ3) is 4.75. The second-order valence-electron chi connectivity index (χ2n) is 7.94. The molecule has 1 unspecified atom stereocenters. The number of hydrogen-bond donors (Lipinski definition) is 0. The molecule has 0 amide bonds. The number of hydrogen-bond acceptors (Lipinski definition) is 3. The van der Waals surface area contributed by atoms with E-state index in [2.05, 4.69) is 33.9 Å². The first kappa shape index (κ1) is 18.8. The molecule has 0 N–H and O–H groups in total. The molecule has 5 heteroatoms. The van der Waals surface area contributed by atoms with E-state index in [1.54, 1.807) is 0 Å². The summed E-state index contributed by atoms with van der Waals surface area (Å²) >= 11 is 0. The average Bonchev–Trinajstić information content (AvgIpc) is 2.84. The Hall–Kier alpha value is -0.493. The summed E-state index contributed by atoms with van der Waals surface area (Å²) in [6.07, 6.45) is 0.916. The Morgan fingerprint density at radius 3 is 2.43 bits per heavy atom. The van der Waals surface area contributed by atoms with Crippen molar-refractivity contribution in [3.63, 3.8) is 0 Å². The van der Waals surface area contributed by atoms with Crippen LogP contribution in [0.15, 0.2) is 29.2 Å². The monoisotopic (exact) mass is 354 g/mol. The second-order valence-corrected chi connectivity index (χ2v) is 14.2. The Balaban J connectivity index is 2.02. The van der Waals surface area contributed by atoms with Crippen LogP contribution in [0.3, 0.4) is 0 Å². The summed E-state index contributed by atoms with van der Waals surface area (Å²) in [5.74, 6) is 0.516. The molecular formula is C18H30O3SSi. The van der Waals surface area contributed by atoms with Gasteiger partial charge < -0.3 is 9.16 Å². The van der Waals surface area contributed by atoms with Crippen LogP contribution in [0.25, 0.3) is 0 Å². The topological polar surface area (TPSA) is 35.5 Å². The minimum absolute atomic E-state index is 0.0636. The maximum absolute atomic E-state index is 12.6. The summed E-state index contributed by atoms with van der Waals surface area (Å²) in [6.45, 7) is 14.0. The molecule has 0 bridgehead atoms. The molecule has 0 aromatic heterocycles. The normalized spacial score (nSPS) is 23.9. The Bertz CT molecular complexity index is 548. The molecule has 1 aromatic rings. The predicted molar refractivity (Wildman–Crippen MR) is 98.9 cm³/mol. The lowest BCUT2D eigenvalue weighted by molar-refractivity contribution is 0.0634. The molecular weight excluding hydrogens is 324 g/mol. The van der Waals surface area contributed by atoms with Crippen LogP contribution in [-0.4, -0.2) is 37.1 Å². The molecule has 1 aromatic carbocycles. The van der Waals surface area contributed by atoms with E-state index in [4.69, 9.17) is 9.16 Å². The Kier molecular flexibility index (Phi) is 5.88. The molecule has 1 heterocycles. The first-order valence-electron chi connectivity index (χ1n) is 8.34. The summed E-state index contributed by atoms with van der Waals surface area (Å²) < 4.78 is 25.0. The van der Waals surface area contributed by atoms with Crippen molar-refractivity contribution in [2.75, 3.05) is 12.4 Å². The molecule has 23 heavy (non-hydrogen) atoms. The van der Waals surface area contributed by atoms with Crippen molar-refractivity contribution < 1.29 is 13.4 Å². The maximum Gasteiger partial charge on any atom is 0.192 e. The number of rotatable bonds is 5. The van der Waals surface area contributed by atoms with Crippen LogP contribution in [0.2, 0.25) is 18.1 Å². The Morgan fingerprint density at radius 2 is 1.87 bits per heavy atom. The van der Waals surface area contributed by atoms with Gasteiger partial charge in [0.1, 0.15) is 0 Å². The van der Waals surface area contributed by atoms with E-state index >= 15 is 0 Å². The van der Waals surface area contributed by atoms with E-state index in [0.29, 0.717) is 12.4 Å². The van der Waals surface area contributed by atoms with E-state index in [9.17, 15) is 4.21 Å². The zero-order valence-electron chi connectivity index (χ0n) is 15.2. The zero-order valence-corrected chi connectivity index (χ0v) is 17.0. The fourth-order valence-corrected chi connectivity index (χ4v) is 5.03. The molecule has 3 atom stereocenters. The fourth-order valence-electron chi connectivity index (χ4n) is 2.41. The van der Waals surface area contributed by atoms with Crippen LogP contribution in [0.5, 0.6) is 0 Å². The first-order chi connectivity index (χ1) is 10.6. The van der Waals surface area contributed by atoms with Gasteiger partial charge in [0.05, 0.1) is 28.8 Å². The summed E-state index contributed by atoms with van der Waals surface area (Å²) in [4.78, 5) is 0.872. The van der Waals surface area contributed by atoms with E-state index < -0.39 is 19.1 Å². The Morgan fingerprint density at radius 1 is 1.26 bits per heavy atom. The average molecular weight is 355 g/mol. The van der Waals surface area contributed by atoms with Gasteiger partial charge in [-0.25, -0.2) is 0 Å². The lowest BCUT2D eigenvalue weighted by Gasteiger charge is -2.39. The van der Waals surface area contributed by atoms with Gasteiger partial charge in [-0.2, -0.15) is 0 Å². The highest BCUT2D eigenvalue weighted by Crippen LogP contribution is 2.39. The third-order valence-electron chi connectivity index (χ3n) is 5.00. The van der Waals surface area contributed by atoms with Crippen molar-refractivity contribution in [3.8, 4) is 0 Å². The van der Waals surface area contributed by atoms with Gasteiger partial charge in [0.2, 0.25) is 0 Å². The smallest absolute Gasteiger partial charge is 0.192 e. The zero-order chi connectivity index (χ0) is 17.3. The van der Waals surface area contributed by atoms with Crippen molar-refractivity contribution in [1.82, 2.24) is 0 Å². The minimum Gasteiger partial charge on any atom is -0.411 e. The molecule has 2 rings (SSSR count). The second kappa shape index (κ2) is 7.17. The molecule has 3 nitrogen and oxygen atoms in total. The van der Waals surface area contributed by atoms with E-state index in [-0.39, 0.29) is 17.2 Å². The first-order valence-corrected chi connectivity index (χ1v) is 12.6. The van der Waals surface area contributed by atoms with E-state index in [0.717, 1.165) is 11.3 Å². The van der Waals surface area contributed by atoms with Gasteiger partial charge >= 0.3 is 0 Å². The highest BCUT2D eigenvalue weighted by Gasteiger charge is 2.42. The third-order valence-corrected chi connectivity index (χ3v) is 10.9. The van der Waals surface area contributed by atoms with Gasteiger partial charge in [0, 0.05) is 11.5 Å². The molecule has 0 radical (unpaired) electrons. The van der Waals surface area contributed by atoms with Crippen LogP contribution in [0.4, 0.5) is 0 Å². The molecule has 1 fully saturated rings. The van der Waals surface area contributed by atoms with Crippen molar-refractivity contribution in [2.24, 2.45) is 0 Å². The van der Waals surface area contributed by atoms with Crippen molar-refractivity contribution in [1.29, 1.82) is 0 Å². The van der Waals surface area contributed by atoms with Gasteiger partial charge in [0.25, 0.3) is 0 Å². The van der Waals surface area contributed by atoms with Crippen LogP contribution in [0, 0.1) is 6.92 Å². The molecule has 0 saturated carbocycles. The highest BCUT2D eigenvalue weighted by molar-refractivity contribution is 7.85. The highest BCUT2D eigenvalue weighted by atomic mass is 32.2. The maximum atomic E-state index is 12.6. The van der Waals surface area contributed by atoms with Crippen molar-refractivity contribution in [2.45, 2.75) is 69.4 Å². The molecule has 1 aliphatic rings. The predicted octanol–water partition coefficient (Wildman–Crippen LogP) is 4.28. The van der Waals surface area contributed by atoms with Crippen molar-refractivity contribution in [3.05, 3.63) is 29.8 Å². The van der Waals surface area contributed by atoms with Crippen LogP contribution in [0.1, 0.15) is 32.8 Å². The summed E-state index contributed by atoms with van der Waals surface area (Å²) in [7, 11) is -2.87. The van der Waals surface area contributed by atoms with Gasteiger partial charge in [-0.15, -0.1) is 0 Å². The van der Waals surface area contributed by atoms with Gasteiger partial charge in [-0.05, 0) is 43.6 Å². The van der Waals surface area contributed by atoms with Gasteiger partial charge in [-0.3, -0.25) is 4.21 Å². The number of ether oxygens (including phenoxy) is 1. The standard InChI is InChI=1S/C18H30O3SSi/c1-14-7-9-15(10-8-14)22(19)13-17-16(11-12-20-17)21-23(5,6)18(2,3)4/h7-10,16-17H,11-13H2,1-6H3/t16-,17?,22-/m1/s1. The quantitative estimate of drug-likeness (QED) is 0.740. The summed E-state index contributed by atoms with van der Waals surface area (Å²) in [5, 5.41) is 0.177. The molecule has 0 spiro atoms. The largest absolute Gasteiger partial charge is 0.411 e. The van der Waals surface area contributed by atoms with Crippen LogP contribution < -0.4 is 0 Å². The molecule has 130 valence electrons. The molecule has 0 aliphatic carbocycles.